The molecule has 18 heavy (non-hydrogen) atoms. The van der Waals surface area contributed by atoms with Crippen LogP contribution in [0.3, 0.4) is 0 Å². The Kier molecular flexibility index (Phi) is 4.13. The Morgan fingerprint density at radius 2 is 2.17 bits per heavy atom. The van der Waals surface area contributed by atoms with E-state index in [4.69, 9.17) is 5.11 Å². The van der Waals surface area contributed by atoms with E-state index in [1.54, 1.807) is 6.92 Å². The Hall–Kier alpha value is -1.21. The molecule has 1 saturated heterocycles. The summed E-state index contributed by atoms with van der Waals surface area (Å²) in [5.74, 6) is 0.0465. The second kappa shape index (κ2) is 5.62. The summed E-state index contributed by atoms with van der Waals surface area (Å²) in [4.78, 5) is 19.6. The molecular formula is C11H18N4O2S. The molecule has 0 spiro atoms. The van der Waals surface area contributed by atoms with E-state index in [1.165, 1.54) is 11.5 Å². The minimum Gasteiger partial charge on any atom is -0.480 e. The quantitative estimate of drug-likeness (QED) is 0.877. The van der Waals surface area contributed by atoms with Crippen LogP contribution in [0.25, 0.3) is 0 Å². The molecule has 0 amide bonds. The molecular weight excluding hydrogens is 252 g/mol. The lowest BCUT2D eigenvalue weighted by Crippen LogP contribution is -2.41. The molecule has 6 nitrogen and oxygen atoms in total. The van der Waals surface area contributed by atoms with Crippen LogP contribution < -0.4 is 4.90 Å². The van der Waals surface area contributed by atoms with Gasteiger partial charge in [-0.3, -0.25) is 9.69 Å². The molecule has 2 heterocycles. The maximum Gasteiger partial charge on any atom is 0.320 e. The molecule has 1 atom stereocenters. The lowest BCUT2D eigenvalue weighted by Gasteiger charge is -2.24. The molecule has 1 aromatic heterocycles. The predicted molar refractivity (Wildman–Crippen MR) is 70.1 cm³/mol. The van der Waals surface area contributed by atoms with E-state index in [9.17, 15) is 4.79 Å². The smallest absolute Gasteiger partial charge is 0.320 e. The van der Waals surface area contributed by atoms with Gasteiger partial charge in [0.2, 0.25) is 5.13 Å². The van der Waals surface area contributed by atoms with Crippen molar-refractivity contribution in [1.29, 1.82) is 0 Å². The molecule has 1 aliphatic heterocycles. The number of rotatable bonds is 3. The largest absolute Gasteiger partial charge is 0.480 e. The molecule has 0 saturated carbocycles. The summed E-state index contributed by atoms with van der Waals surface area (Å²) >= 11 is 1.41. The van der Waals surface area contributed by atoms with Gasteiger partial charge in [-0.15, -0.1) is 0 Å². The van der Waals surface area contributed by atoms with Crippen molar-refractivity contribution in [3.63, 3.8) is 0 Å². The molecule has 1 N–H and O–H groups in total. The molecule has 1 fully saturated rings. The van der Waals surface area contributed by atoms with Crippen molar-refractivity contribution in [3.8, 4) is 0 Å². The van der Waals surface area contributed by atoms with Gasteiger partial charge >= 0.3 is 5.97 Å². The number of aliphatic carboxylic acids is 1. The second-order valence-electron chi connectivity index (χ2n) is 4.51. The molecule has 1 unspecified atom stereocenters. The fraction of sp³-hybridized carbons (Fsp3) is 0.727. The number of carboxylic acid groups (broad SMARTS) is 1. The van der Waals surface area contributed by atoms with Crippen LogP contribution in [-0.2, 0) is 4.79 Å². The van der Waals surface area contributed by atoms with Crippen LogP contribution in [0.15, 0.2) is 0 Å². The van der Waals surface area contributed by atoms with Crippen LogP contribution in [0.4, 0.5) is 5.13 Å². The van der Waals surface area contributed by atoms with Crippen molar-refractivity contribution in [1.82, 2.24) is 14.3 Å². The Labute approximate surface area is 110 Å². The first-order valence-corrected chi connectivity index (χ1v) is 6.87. The summed E-state index contributed by atoms with van der Waals surface area (Å²) < 4.78 is 4.19. The molecule has 100 valence electrons. The monoisotopic (exact) mass is 270 g/mol. The summed E-state index contributed by atoms with van der Waals surface area (Å²) in [5.41, 5.74) is 0. The molecule has 1 aliphatic rings. The maximum absolute atomic E-state index is 11.0. The van der Waals surface area contributed by atoms with Gasteiger partial charge in [0, 0.05) is 37.7 Å². The van der Waals surface area contributed by atoms with Crippen LogP contribution in [0.5, 0.6) is 0 Å². The van der Waals surface area contributed by atoms with Gasteiger partial charge in [0.1, 0.15) is 11.9 Å². The number of anilines is 1. The normalized spacial score (nSPS) is 19.6. The maximum atomic E-state index is 11.0. The minimum atomic E-state index is -0.754. The first-order valence-electron chi connectivity index (χ1n) is 6.10. The zero-order chi connectivity index (χ0) is 13.1. The molecule has 0 radical (unpaired) electrons. The summed E-state index contributed by atoms with van der Waals surface area (Å²) in [6.45, 7) is 6.93. The Morgan fingerprint density at radius 3 is 2.78 bits per heavy atom. The fourth-order valence-electron chi connectivity index (χ4n) is 2.09. The van der Waals surface area contributed by atoms with Gasteiger partial charge in [-0.2, -0.15) is 4.37 Å². The zero-order valence-corrected chi connectivity index (χ0v) is 11.5. The van der Waals surface area contributed by atoms with Gasteiger partial charge in [0.15, 0.2) is 0 Å². The minimum absolute atomic E-state index is 0.416. The molecule has 0 aliphatic carbocycles. The Morgan fingerprint density at radius 1 is 1.39 bits per heavy atom. The first-order chi connectivity index (χ1) is 8.58. The number of nitrogens with zero attached hydrogens (tertiary/aromatic N) is 4. The third-order valence-electron chi connectivity index (χ3n) is 3.22. The van der Waals surface area contributed by atoms with E-state index < -0.39 is 12.0 Å². The van der Waals surface area contributed by atoms with E-state index in [-0.39, 0.29) is 0 Å². The fourth-order valence-corrected chi connectivity index (χ4v) is 2.81. The second-order valence-corrected chi connectivity index (χ2v) is 5.25. The van der Waals surface area contributed by atoms with E-state index in [2.05, 4.69) is 14.3 Å². The number of aromatic nitrogens is 2. The summed E-state index contributed by atoms with van der Waals surface area (Å²) in [5, 5.41) is 9.98. The van der Waals surface area contributed by atoms with Crippen LogP contribution in [-0.4, -0.2) is 57.6 Å². The van der Waals surface area contributed by atoms with E-state index in [0.717, 1.165) is 43.6 Å². The van der Waals surface area contributed by atoms with Crippen molar-refractivity contribution in [3.05, 3.63) is 5.82 Å². The van der Waals surface area contributed by atoms with E-state index in [0.29, 0.717) is 0 Å². The highest BCUT2D eigenvalue weighted by molar-refractivity contribution is 7.09. The average molecular weight is 270 g/mol. The van der Waals surface area contributed by atoms with Crippen LogP contribution in [0.2, 0.25) is 0 Å². The highest BCUT2D eigenvalue weighted by Crippen LogP contribution is 2.19. The summed E-state index contributed by atoms with van der Waals surface area (Å²) in [7, 11) is 0. The number of hydrogen-bond donors (Lipinski definition) is 1. The number of aryl methyl sites for hydroxylation is 1. The van der Waals surface area contributed by atoms with Crippen molar-refractivity contribution < 1.29 is 9.90 Å². The zero-order valence-electron chi connectivity index (χ0n) is 10.7. The topological polar surface area (TPSA) is 69.6 Å². The van der Waals surface area contributed by atoms with E-state index in [1.807, 2.05) is 11.8 Å². The molecule has 0 bridgehead atoms. The standard InChI is InChI=1S/C11H18N4O2S/c1-8(10(16)17)14-4-3-5-15(7-6-14)11-12-9(2)13-18-11/h8H,3-7H2,1-2H3,(H,16,17). The summed E-state index contributed by atoms with van der Waals surface area (Å²) in [6.07, 6.45) is 0.955. The van der Waals surface area contributed by atoms with Gasteiger partial charge in [0.25, 0.3) is 0 Å². The van der Waals surface area contributed by atoms with Gasteiger partial charge in [-0.05, 0) is 20.3 Å². The Bertz CT molecular complexity index is 423. The van der Waals surface area contributed by atoms with Crippen LogP contribution >= 0.6 is 11.5 Å². The van der Waals surface area contributed by atoms with Gasteiger partial charge < -0.3 is 10.0 Å². The first kappa shape index (κ1) is 13.2. The van der Waals surface area contributed by atoms with Crippen molar-refractivity contribution in [2.75, 3.05) is 31.1 Å². The van der Waals surface area contributed by atoms with Gasteiger partial charge in [0.05, 0.1) is 0 Å². The molecule has 2 rings (SSSR count). The average Bonchev–Trinajstić information content (AvgIpc) is 2.63. The van der Waals surface area contributed by atoms with Crippen LogP contribution in [0, 0.1) is 6.92 Å². The van der Waals surface area contributed by atoms with Crippen LogP contribution in [0.1, 0.15) is 19.2 Å². The molecule has 7 heteroatoms. The van der Waals surface area contributed by atoms with Gasteiger partial charge in [-0.25, -0.2) is 4.98 Å². The lowest BCUT2D eigenvalue weighted by atomic mass is 10.2. The highest BCUT2D eigenvalue weighted by atomic mass is 32.1. The van der Waals surface area contributed by atoms with Gasteiger partial charge in [-0.1, -0.05) is 0 Å². The number of hydrogen-bond acceptors (Lipinski definition) is 6. The number of carbonyl (C=O) groups is 1. The third kappa shape index (κ3) is 2.97. The third-order valence-corrected chi connectivity index (χ3v) is 4.09. The van der Waals surface area contributed by atoms with Crippen molar-refractivity contribution in [2.24, 2.45) is 0 Å². The summed E-state index contributed by atoms with van der Waals surface area (Å²) in [6, 6.07) is -0.416. The molecule has 0 aromatic carbocycles. The highest BCUT2D eigenvalue weighted by Gasteiger charge is 2.24. The number of carboxylic acids is 1. The Balaban J connectivity index is 1.98. The lowest BCUT2D eigenvalue weighted by molar-refractivity contribution is -0.142. The molecule has 1 aromatic rings. The SMILES string of the molecule is Cc1nsc(N2CCCN(C(C)C(=O)O)CC2)n1. The van der Waals surface area contributed by atoms with Crippen molar-refractivity contribution >= 4 is 22.6 Å². The van der Waals surface area contributed by atoms with Crippen molar-refractivity contribution in [2.45, 2.75) is 26.3 Å². The van der Waals surface area contributed by atoms with E-state index >= 15 is 0 Å². The predicted octanol–water partition coefficient (Wildman–Crippen LogP) is 0.832.